The zero-order valence-electron chi connectivity index (χ0n) is 23.8. The third kappa shape index (κ3) is 7.33. The molecule has 0 aliphatic heterocycles. The second-order valence-electron chi connectivity index (χ2n) is 10.7. The van der Waals surface area contributed by atoms with E-state index < -0.39 is 34.3 Å². The van der Waals surface area contributed by atoms with E-state index in [0.717, 1.165) is 58.8 Å². The zero-order valence-corrected chi connectivity index (χ0v) is 24.7. The maximum absolute atomic E-state index is 14.2. The standard InChI is InChI=1S/C32H38FN3O4S/c1-4-30(32(38)34-27-11-7-8-12-27)35(21-25-10-6-5-9-24(25)3)31(37)22-36(28-17-13-23(2)14-18-28)41(39,40)29-19-15-26(33)16-20-29/h5-6,9-10,13-20,27,30H,4,7-8,11-12,21-22H2,1-3H3,(H,34,38)/t30-/m0/s1. The Balaban J connectivity index is 1.72. The van der Waals surface area contributed by atoms with E-state index in [1.807, 2.05) is 45.0 Å². The lowest BCUT2D eigenvalue weighted by molar-refractivity contribution is -0.140. The van der Waals surface area contributed by atoms with Gasteiger partial charge in [0.05, 0.1) is 10.6 Å². The van der Waals surface area contributed by atoms with E-state index in [0.29, 0.717) is 12.1 Å². The number of amides is 2. The lowest BCUT2D eigenvalue weighted by Gasteiger charge is -2.34. The molecular weight excluding hydrogens is 541 g/mol. The van der Waals surface area contributed by atoms with Gasteiger partial charge in [-0.2, -0.15) is 0 Å². The van der Waals surface area contributed by atoms with Gasteiger partial charge in [-0.1, -0.05) is 61.7 Å². The molecule has 41 heavy (non-hydrogen) atoms. The molecule has 7 nitrogen and oxygen atoms in total. The molecule has 1 N–H and O–H groups in total. The van der Waals surface area contributed by atoms with Crippen molar-refractivity contribution < 1.29 is 22.4 Å². The van der Waals surface area contributed by atoms with E-state index in [1.54, 1.807) is 24.3 Å². The number of carbonyl (C=O) groups is 2. The van der Waals surface area contributed by atoms with E-state index in [2.05, 4.69) is 5.32 Å². The van der Waals surface area contributed by atoms with Gasteiger partial charge in [-0.15, -0.1) is 0 Å². The van der Waals surface area contributed by atoms with E-state index in [-0.39, 0.29) is 23.4 Å². The van der Waals surface area contributed by atoms with Crippen molar-refractivity contribution >= 4 is 27.5 Å². The highest BCUT2D eigenvalue weighted by atomic mass is 32.2. The van der Waals surface area contributed by atoms with Gasteiger partial charge in [-0.3, -0.25) is 13.9 Å². The van der Waals surface area contributed by atoms with Crippen LogP contribution in [0.5, 0.6) is 0 Å². The SMILES string of the molecule is CC[C@@H](C(=O)NC1CCCC1)N(Cc1ccccc1C)C(=O)CN(c1ccc(C)cc1)S(=O)(=O)c1ccc(F)cc1. The van der Waals surface area contributed by atoms with Crippen LogP contribution in [0.1, 0.15) is 55.7 Å². The number of aryl methyl sites for hydroxylation is 2. The Morgan fingerprint density at radius 2 is 1.59 bits per heavy atom. The Morgan fingerprint density at radius 1 is 0.951 bits per heavy atom. The second-order valence-corrected chi connectivity index (χ2v) is 12.5. The molecule has 1 atom stereocenters. The molecule has 4 rings (SSSR count). The number of rotatable bonds is 11. The first-order valence-electron chi connectivity index (χ1n) is 14.1. The number of sulfonamides is 1. The Labute approximate surface area is 242 Å². The van der Waals surface area contributed by atoms with Crippen LogP contribution in [-0.4, -0.2) is 43.8 Å². The smallest absolute Gasteiger partial charge is 0.264 e. The minimum atomic E-state index is -4.25. The van der Waals surface area contributed by atoms with E-state index in [9.17, 15) is 22.4 Å². The van der Waals surface area contributed by atoms with Gasteiger partial charge in [0.2, 0.25) is 11.8 Å². The Kier molecular flexibility index (Phi) is 9.81. The van der Waals surface area contributed by atoms with Gasteiger partial charge in [0.25, 0.3) is 10.0 Å². The second kappa shape index (κ2) is 13.3. The van der Waals surface area contributed by atoms with Crippen molar-refractivity contribution in [3.8, 4) is 0 Å². The molecule has 9 heteroatoms. The predicted octanol–water partition coefficient (Wildman–Crippen LogP) is 5.50. The molecule has 3 aromatic rings. The van der Waals surface area contributed by atoms with E-state index in [4.69, 9.17) is 0 Å². The average Bonchev–Trinajstić information content (AvgIpc) is 3.46. The summed E-state index contributed by atoms with van der Waals surface area (Å²) in [6.45, 7) is 5.30. The van der Waals surface area contributed by atoms with Gasteiger partial charge in [0.15, 0.2) is 0 Å². The molecule has 0 spiro atoms. The highest BCUT2D eigenvalue weighted by Crippen LogP contribution is 2.26. The Bertz CT molecular complexity index is 1450. The van der Waals surface area contributed by atoms with Gasteiger partial charge in [0.1, 0.15) is 18.4 Å². The van der Waals surface area contributed by atoms with Crippen molar-refractivity contribution in [1.29, 1.82) is 0 Å². The number of hydrogen-bond acceptors (Lipinski definition) is 4. The summed E-state index contributed by atoms with van der Waals surface area (Å²) < 4.78 is 42.4. The third-order valence-corrected chi connectivity index (χ3v) is 9.48. The zero-order chi connectivity index (χ0) is 29.6. The summed E-state index contributed by atoms with van der Waals surface area (Å²) in [6.07, 6.45) is 4.29. The molecule has 1 saturated carbocycles. The third-order valence-electron chi connectivity index (χ3n) is 7.69. The van der Waals surface area contributed by atoms with Crippen LogP contribution in [0.15, 0.2) is 77.7 Å². The first kappa shape index (κ1) is 30.2. The number of anilines is 1. The number of halogens is 1. The largest absolute Gasteiger partial charge is 0.352 e. The normalized spacial score (nSPS) is 14.4. The first-order valence-corrected chi connectivity index (χ1v) is 15.5. The van der Waals surface area contributed by atoms with Crippen molar-refractivity contribution in [3.63, 3.8) is 0 Å². The molecule has 3 aromatic carbocycles. The van der Waals surface area contributed by atoms with Crippen molar-refractivity contribution in [3.05, 3.63) is 95.3 Å². The quantitative estimate of drug-likeness (QED) is 0.325. The van der Waals surface area contributed by atoms with Crippen LogP contribution in [0.2, 0.25) is 0 Å². The molecular formula is C32H38FN3O4S. The summed E-state index contributed by atoms with van der Waals surface area (Å²) in [5.41, 5.74) is 3.06. The lowest BCUT2D eigenvalue weighted by Crippen LogP contribution is -2.53. The summed E-state index contributed by atoms with van der Waals surface area (Å²) in [5.74, 6) is -1.30. The highest BCUT2D eigenvalue weighted by molar-refractivity contribution is 7.92. The van der Waals surface area contributed by atoms with Gasteiger partial charge < -0.3 is 10.2 Å². The fourth-order valence-electron chi connectivity index (χ4n) is 5.23. The minimum absolute atomic E-state index is 0.0786. The maximum Gasteiger partial charge on any atom is 0.264 e. The molecule has 2 amide bonds. The monoisotopic (exact) mass is 579 g/mol. The minimum Gasteiger partial charge on any atom is -0.352 e. The van der Waals surface area contributed by atoms with E-state index in [1.165, 1.54) is 17.0 Å². The molecule has 218 valence electrons. The fraction of sp³-hybridized carbons (Fsp3) is 0.375. The molecule has 1 aliphatic carbocycles. The fourth-order valence-corrected chi connectivity index (χ4v) is 6.65. The summed E-state index contributed by atoms with van der Waals surface area (Å²) in [5, 5.41) is 3.12. The topological polar surface area (TPSA) is 86.8 Å². The highest BCUT2D eigenvalue weighted by Gasteiger charge is 2.34. The Morgan fingerprint density at radius 3 is 2.20 bits per heavy atom. The van der Waals surface area contributed by atoms with Crippen molar-refractivity contribution in [1.82, 2.24) is 10.2 Å². The van der Waals surface area contributed by atoms with Crippen LogP contribution in [0, 0.1) is 19.7 Å². The Hall–Kier alpha value is -3.72. The first-order chi connectivity index (χ1) is 19.6. The van der Waals surface area contributed by atoms with Crippen LogP contribution >= 0.6 is 0 Å². The lowest BCUT2D eigenvalue weighted by atomic mass is 10.1. The van der Waals surface area contributed by atoms with Crippen LogP contribution in [0.25, 0.3) is 0 Å². The van der Waals surface area contributed by atoms with Crippen LogP contribution in [-0.2, 0) is 26.2 Å². The van der Waals surface area contributed by atoms with Crippen LogP contribution in [0.3, 0.4) is 0 Å². The molecule has 0 heterocycles. The number of nitrogens with zero attached hydrogens (tertiary/aromatic N) is 2. The van der Waals surface area contributed by atoms with Gasteiger partial charge in [-0.05, 0) is 80.6 Å². The molecule has 0 unspecified atom stereocenters. The number of benzene rings is 3. The van der Waals surface area contributed by atoms with Gasteiger partial charge in [0, 0.05) is 12.6 Å². The van der Waals surface area contributed by atoms with Crippen LogP contribution in [0.4, 0.5) is 10.1 Å². The molecule has 1 aliphatic rings. The van der Waals surface area contributed by atoms with Gasteiger partial charge >= 0.3 is 0 Å². The summed E-state index contributed by atoms with van der Waals surface area (Å²) in [4.78, 5) is 29.0. The predicted molar refractivity (Wildman–Crippen MR) is 158 cm³/mol. The maximum atomic E-state index is 14.2. The molecule has 0 bridgehead atoms. The van der Waals surface area contributed by atoms with Crippen LogP contribution < -0.4 is 9.62 Å². The summed E-state index contributed by atoms with van der Waals surface area (Å²) in [6, 6.07) is 18.3. The van der Waals surface area contributed by atoms with Crippen molar-refractivity contribution in [2.24, 2.45) is 0 Å². The van der Waals surface area contributed by atoms with Crippen molar-refractivity contribution in [2.75, 3.05) is 10.8 Å². The molecule has 0 saturated heterocycles. The van der Waals surface area contributed by atoms with Gasteiger partial charge in [-0.25, -0.2) is 12.8 Å². The number of carbonyl (C=O) groups excluding carboxylic acids is 2. The molecule has 0 aromatic heterocycles. The number of nitrogens with one attached hydrogen (secondary N) is 1. The average molecular weight is 580 g/mol. The number of hydrogen-bond donors (Lipinski definition) is 1. The van der Waals surface area contributed by atoms with E-state index >= 15 is 0 Å². The summed E-state index contributed by atoms with van der Waals surface area (Å²) >= 11 is 0. The molecule has 0 radical (unpaired) electrons. The van der Waals surface area contributed by atoms with Crippen molar-refractivity contribution in [2.45, 2.75) is 76.4 Å². The molecule has 1 fully saturated rings. The summed E-state index contributed by atoms with van der Waals surface area (Å²) in [7, 11) is -4.25.